The van der Waals surface area contributed by atoms with Crippen molar-refractivity contribution in [3.8, 4) is 11.8 Å². The van der Waals surface area contributed by atoms with Gasteiger partial charge in [0.2, 0.25) is 10.0 Å². The van der Waals surface area contributed by atoms with E-state index in [2.05, 4.69) is 5.32 Å². The molecule has 2 rings (SSSR count). The first-order valence-corrected chi connectivity index (χ1v) is 10.4. The minimum atomic E-state index is -3.18. The van der Waals surface area contributed by atoms with E-state index in [1.165, 1.54) is 4.31 Å². The molecule has 1 aromatic rings. The maximum atomic E-state index is 12.3. The van der Waals surface area contributed by atoms with Crippen molar-refractivity contribution in [3.63, 3.8) is 0 Å². The molecule has 1 N–H and O–H groups in total. The molecule has 1 aromatic carbocycles. The van der Waals surface area contributed by atoms with Crippen LogP contribution < -0.4 is 10.1 Å². The smallest absolute Gasteiger partial charge is 0.260 e. The molecule has 26 heavy (non-hydrogen) atoms. The van der Waals surface area contributed by atoms with Gasteiger partial charge in [-0.25, -0.2) is 12.7 Å². The van der Waals surface area contributed by atoms with E-state index in [4.69, 9.17) is 10.00 Å². The van der Waals surface area contributed by atoms with E-state index >= 15 is 0 Å². The molecule has 142 valence electrons. The summed E-state index contributed by atoms with van der Waals surface area (Å²) in [6.07, 6.45) is 1.12. The average molecular weight is 379 g/mol. The lowest BCUT2D eigenvalue weighted by Crippen LogP contribution is -2.49. The van der Waals surface area contributed by atoms with Crippen LogP contribution in [-0.2, 0) is 14.8 Å². The molecule has 7 nitrogen and oxygen atoms in total. The van der Waals surface area contributed by atoms with Crippen LogP contribution in [0.4, 0.5) is 0 Å². The van der Waals surface area contributed by atoms with Gasteiger partial charge in [-0.3, -0.25) is 4.79 Å². The molecule has 0 bridgehead atoms. The summed E-state index contributed by atoms with van der Waals surface area (Å²) in [5.41, 5.74) is 0.527. The molecule has 1 aliphatic heterocycles. The number of piperidine rings is 1. The number of nitrogens with one attached hydrogen (secondary N) is 1. The Morgan fingerprint density at radius 1 is 1.35 bits per heavy atom. The van der Waals surface area contributed by atoms with Crippen LogP contribution in [0.25, 0.3) is 0 Å². The maximum absolute atomic E-state index is 12.3. The predicted molar refractivity (Wildman–Crippen MR) is 98.1 cm³/mol. The molecule has 1 fully saturated rings. The van der Waals surface area contributed by atoms with Crippen LogP contribution in [0.15, 0.2) is 24.3 Å². The van der Waals surface area contributed by atoms with Gasteiger partial charge in [-0.2, -0.15) is 5.26 Å². The Labute approximate surface area is 155 Å². The molecule has 1 saturated heterocycles. The Hall–Kier alpha value is -2.11. The topological polar surface area (TPSA) is 99.5 Å². The fraction of sp³-hybridized carbons (Fsp3) is 0.556. The first-order chi connectivity index (χ1) is 12.4. The quantitative estimate of drug-likeness (QED) is 0.776. The minimum absolute atomic E-state index is 0.0532. The highest BCUT2D eigenvalue weighted by Gasteiger charge is 2.29. The monoisotopic (exact) mass is 379 g/mol. The molecule has 0 saturated carbocycles. The number of carbonyl (C=O) groups excluding carboxylic acids is 1. The molecular formula is C18H25N3O4S. The van der Waals surface area contributed by atoms with Gasteiger partial charge in [0.1, 0.15) is 5.75 Å². The number of rotatable bonds is 7. The molecular weight excluding hydrogens is 354 g/mol. The normalized spacial score (nSPS) is 17.3. The summed E-state index contributed by atoms with van der Waals surface area (Å²) in [6.45, 7) is 4.37. The standard InChI is InChI=1S/C18H25N3O4S/c1-3-12-26(23,24)21-10-8-16(9-11-21)20-18(22)14(2)25-17-6-4-15(13-19)5-7-17/h4-7,14,16H,3,8-12H2,1-2H3,(H,20,22). The van der Waals surface area contributed by atoms with E-state index < -0.39 is 16.1 Å². The van der Waals surface area contributed by atoms with Gasteiger partial charge in [-0.1, -0.05) is 6.92 Å². The van der Waals surface area contributed by atoms with Gasteiger partial charge in [0.05, 0.1) is 17.4 Å². The third kappa shape index (κ3) is 5.44. The van der Waals surface area contributed by atoms with Crippen LogP contribution in [0.5, 0.6) is 5.75 Å². The lowest BCUT2D eigenvalue weighted by molar-refractivity contribution is -0.128. The lowest BCUT2D eigenvalue weighted by atomic mass is 10.1. The van der Waals surface area contributed by atoms with Gasteiger partial charge < -0.3 is 10.1 Å². The second-order valence-corrected chi connectivity index (χ2v) is 8.48. The number of hydrogen-bond acceptors (Lipinski definition) is 5. The van der Waals surface area contributed by atoms with E-state index in [1.54, 1.807) is 31.2 Å². The Morgan fingerprint density at radius 3 is 2.50 bits per heavy atom. The van der Waals surface area contributed by atoms with Crippen molar-refractivity contribution in [2.45, 2.75) is 45.3 Å². The van der Waals surface area contributed by atoms with Crippen molar-refractivity contribution < 1.29 is 17.9 Å². The largest absolute Gasteiger partial charge is 0.481 e. The Bertz CT molecular complexity index is 748. The Morgan fingerprint density at radius 2 is 1.96 bits per heavy atom. The zero-order valence-electron chi connectivity index (χ0n) is 15.1. The highest BCUT2D eigenvalue weighted by molar-refractivity contribution is 7.89. The highest BCUT2D eigenvalue weighted by atomic mass is 32.2. The zero-order valence-corrected chi connectivity index (χ0v) is 16.0. The number of nitrogens with zero attached hydrogens (tertiary/aromatic N) is 2. The summed E-state index contributed by atoms with van der Waals surface area (Å²) in [7, 11) is -3.18. The van der Waals surface area contributed by atoms with Crippen LogP contribution in [0.1, 0.15) is 38.7 Å². The number of amides is 1. The number of benzene rings is 1. The summed E-state index contributed by atoms with van der Waals surface area (Å²) in [6, 6.07) is 8.54. The number of carbonyl (C=O) groups is 1. The first-order valence-electron chi connectivity index (χ1n) is 8.80. The minimum Gasteiger partial charge on any atom is -0.481 e. The van der Waals surface area contributed by atoms with E-state index in [1.807, 2.05) is 13.0 Å². The van der Waals surface area contributed by atoms with Gasteiger partial charge >= 0.3 is 0 Å². The molecule has 1 amide bonds. The van der Waals surface area contributed by atoms with Gasteiger partial charge in [0.25, 0.3) is 5.91 Å². The van der Waals surface area contributed by atoms with Crippen LogP contribution in [0.2, 0.25) is 0 Å². The van der Waals surface area contributed by atoms with Crippen molar-refractivity contribution in [1.82, 2.24) is 9.62 Å². The number of ether oxygens (including phenoxy) is 1. The van der Waals surface area contributed by atoms with Crippen LogP contribution in [-0.4, -0.2) is 49.6 Å². The summed E-state index contributed by atoms with van der Waals surface area (Å²) in [5, 5.41) is 11.7. The molecule has 0 aliphatic carbocycles. The van der Waals surface area contributed by atoms with E-state index in [9.17, 15) is 13.2 Å². The summed E-state index contributed by atoms with van der Waals surface area (Å²) >= 11 is 0. The van der Waals surface area contributed by atoms with Gasteiger partial charge in [0.15, 0.2) is 6.10 Å². The number of hydrogen-bond donors (Lipinski definition) is 1. The summed E-state index contributed by atoms with van der Waals surface area (Å²) in [5.74, 6) is 0.454. The average Bonchev–Trinajstić information content (AvgIpc) is 2.62. The van der Waals surface area contributed by atoms with Gasteiger partial charge in [-0.05, 0) is 50.5 Å². The lowest BCUT2D eigenvalue weighted by Gasteiger charge is -2.32. The van der Waals surface area contributed by atoms with Crippen molar-refractivity contribution in [2.24, 2.45) is 0 Å². The van der Waals surface area contributed by atoms with E-state index in [-0.39, 0.29) is 17.7 Å². The van der Waals surface area contributed by atoms with Crippen LogP contribution in [0.3, 0.4) is 0 Å². The number of nitriles is 1. The van der Waals surface area contributed by atoms with E-state index in [0.29, 0.717) is 43.7 Å². The molecule has 0 radical (unpaired) electrons. The summed E-state index contributed by atoms with van der Waals surface area (Å²) < 4.78 is 31.2. The molecule has 1 aliphatic rings. The van der Waals surface area contributed by atoms with Crippen molar-refractivity contribution >= 4 is 15.9 Å². The predicted octanol–water partition coefficient (Wildman–Crippen LogP) is 1.65. The second-order valence-electron chi connectivity index (χ2n) is 6.39. The van der Waals surface area contributed by atoms with Crippen molar-refractivity contribution in [1.29, 1.82) is 5.26 Å². The third-order valence-electron chi connectivity index (χ3n) is 4.32. The fourth-order valence-electron chi connectivity index (χ4n) is 2.85. The molecule has 1 atom stereocenters. The van der Waals surface area contributed by atoms with Gasteiger partial charge in [0, 0.05) is 19.1 Å². The van der Waals surface area contributed by atoms with Crippen molar-refractivity contribution in [3.05, 3.63) is 29.8 Å². The molecule has 8 heteroatoms. The van der Waals surface area contributed by atoms with Crippen LogP contribution in [0, 0.1) is 11.3 Å². The Kier molecular flexibility index (Phi) is 7.00. The number of sulfonamides is 1. The van der Waals surface area contributed by atoms with E-state index in [0.717, 1.165) is 0 Å². The highest BCUT2D eigenvalue weighted by Crippen LogP contribution is 2.16. The van der Waals surface area contributed by atoms with Crippen molar-refractivity contribution in [2.75, 3.05) is 18.8 Å². The SMILES string of the molecule is CCCS(=O)(=O)N1CCC(NC(=O)C(C)Oc2ccc(C#N)cc2)CC1. The fourth-order valence-corrected chi connectivity index (χ4v) is 4.39. The first kappa shape index (κ1) is 20.2. The molecule has 1 unspecified atom stereocenters. The van der Waals surface area contributed by atoms with Gasteiger partial charge in [-0.15, -0.1) is 0 Å². The second kappa shape index (κ2) is 9.01. The third-order valence-corrected chi connectivity index (χ3v) is 6.40. The Balaban J connectivity index is 1.81. The molecule has 0 aromatic heterocycles. The maximum Gasteiger partial charge on any atom is 0.260 e. The molecule has 0 spiro atoms. The van der Waals surface area contributed by atoms with Crippen LogP contribution >= 0.6 is 0 Å². The molecule has 1 heterocycles. The summed E-state index contributed by atoms with van der Waals surface area (Å²) in [4.78, 5) is 12.3. The zero-order chi connectivity index (χ0) is 19.2.